The number of hydrogen-bond acceptors (Lipinski definition) is 7. The first-order valence-corrected chi connectivity index (χ1v) is 15.4. The average molecular weight is 715 g/mol. The molecule has 0 heterocycles. The highest BCUT2D eigenvalue weighted by Crippen LogP contribution is 2.56. The molecule has 0 fully saturated rings. The zero-order valence-electron chi connectivity index (χ0n) is 27.2. The Kier molecular flexibility index (Phi) is 12.3. The van der Waals surface area contributed by atoms with Crippen LogP contribution in [0.4, 0.5) is 26.3 Å². The van der Waals surface area contributed by atoms with Gasteiger partial charge in [-0.05, 0) is 78.4 Å². The molecule has 0 aromatic heterocycles. The molecule has 0 N–H and O–H groups in total. The van der Waals surface area contributed by atoms with Crippen molar-refractivity contribution in [2.45, 2.75) is 50.4 Å². The Labute approximate surface area is 289 Å². The zero-order chi connectivity index (χ0) is 37.2. The van der Waals surface area contributed by atoms with Gasteiger partial charge in [-0.15, -0.1) is 0 Å². The maximum atomic E-state index is 14.6. The monoisotopic (exact) mass is 714 g/mol. The molecule has 0 bridgehead atoms. The molecule has 4 aromatic carbocycles. The number of carbonyl (C=O) groups excluding carboxylic acids is 3. The number of ether oxygens (including phenoxy) is 4. The van der Waals surface area contributed by atoms with Gasteiger partial charge < -0.3 is 18.9 Å². The standard InChI is InChI=1S/C38H32F6O7/c1-3-33(45)49-24-48-30-16-8-27(9-17-30)11-23-35(47)51-32-20-14-29(15-21-32)36(37(39,40)41,38(42,43)44)28-12-18-31(19-13-28)50-34(46)22-10-26-6-4-25(2)5-7-26/h3-9,12-21H,1,10-11,22-24H2,2H3. The third kappa shape index (κ3) is 9.77. The quantitative estimate of drug-likeness (QED) is 0.0425. The zero-order valence-corrected chi connectivity index (χ0v) is 27.2. The molecule has 0 radical (unpaired) electrons. The number of rotatable bonds is 14. The lowest BCUT2D eigenvalue weighted by Gasteiger charge is -2.38. The van der Waals surface area contributed by atoms with E-state index in [1.807, 2.05) is 31.2 Å². The van der Waals surface area contributed by atoms with E-state index in [0.29, 0.717) is 42.0 Å². The SMILES string of the molecule is C=CC(=O)OCOc1ccc(CCC(=O)Oc2ccc(C(c3ccc(OC(=O)CCc4ccc(C)cc4)cc3)(C(F)(F)F)C(F)(F)F)cc2)cc1. The highest BCUT2D eigenvalue weighted by atomic mass is 19.4. The van der Waals surface area contributed by atoms with E-state index < -0.39 is 46.8 Å². The summed E-state index contributed by atoms with van der Waals surface area (Å²) in [5.41, 5.74) is -4.19. The first-order valence-electron chi connectivity index (χ1n) is 15.4. The van der Waals surface area contributed by atoms with Gasteiger partial charge in [-0.25, -0.2) is 4.79 Å². The van der Waals surface area contributed by atoms with Crippen molar-refractivity contribution >= 4 is 17.9 Å². The van der Waals surface area contributed by atoms with Gasteiger partial charge in [0, 0.05) is 18.9 Å². The van der Waals surface area contributed by atoms with Crippen molar-refractivity contribution in [3.8, 4) is 17.2 Å². The van der Waals surface area contributed by atoms with Crippen LogP contribution in [0, 0.1) is 6.92 Å². The van der Waals surface area contributed by atoms with Gasteiger partial charge in [-0.2, -0.15) is 26.3 Å². The van der Waals surface area contributed by atoms with Crippen molar-refractivity contribution in [1.29, 1.82) is 0 Å². The Balaban J connectivity index is 1.42. The third-order valence-corrected chi connectivity index (χ3v) is 7.76. The summed E-state index contributed by atoms with van der Waals surface area (Å²) in [7, 11) is 0. The van der Waals surface area contributed by atoms with Gasteiger partial charge in [0.25, 0.3) is 0 Å². The maximum Gasteiger partial charge on any atom is 0.411 e. The van der Waals surface area contributed by atoms with Crippen molar-refractivity contribution < 1.29 is 59.7 Å². The van der Waals surface area contributed by atoms with Crippen molar-refractivity contribution in [3.05, 3.63) is 138 Å². The fraction of sp³-hybridized carbons (Fsp3) is 0.237. The summed E-state index contributed by atoms with van der Waals surface area (Å²) in [6.07, 6.45) is -10.4. The summed E-state index contributed by atoms with van der Waals surface area (Å²) in [6.45, 7) is 4.83. The highest BCUT2D eigenvalue weighted by molar-refractivity contribution is 5.81. The van der Waals surface area contributed by atoms with Crippen molar-refractivity contribution in [2.24, 2.45) is 0 Å². The maximum absolute atomic E-state index is 14.6. The van der Waals surface area contributed by atoms with E-state index >= 15 is 0 Å². The topological polar surface area (TPSA) is 88.1 Å². The molecule has 4 rings (SSSR count). The number of aryl methyl sites for hydroxylation is 3. The molecular formula is C38H32F6O7. The molecule has 0 amide bonds. The third-order valence-electron chi connectivity index (χ3n) is 7.76. The lowest BCUT2D eigenvalue weighted by atomic mass is 9.73. The molecule has 0 saturated carbocycles. The summed E-state index contributed by atoms with van der Waals surface area (Å²) >= 11 is 0. The van der Waals surface area contributed by atoms with Crippen LogP contribution in [0.2, 0.25) is 0 Å². The van der Waals surface area contributed by atoms with E-state index in [0.717, 1.165) is 41.5 Å². The Morgan fingerprint density at radius 3 is 1.39 bits per heavy atom. The second-order valence-electron chi connectivity index (χ2n) is 11.3. The molecule has 4 aromatic rings. The van der Waals surface area contributed by atoms with Crippen LogP contribution in [0.1, 0.15) is 40.7 Å². The summed E-state index contributed by atoms with van der Waals surface area (Å²) in [5.74, 6) is -2.23. The lowest BCUT2D eigenvalue weighted by Crippen LogP contribution is -2.54. The summed E-state index contributed by atoms with van der Waals surface area (Å²) < 4.78 is 108. The highest BCUT2D eigenvalue weighted by Gasteiger charge is 2.72. The van der Waals surface area contributed by atoms with Crippen LogP contribution in [0.3, 0.4) is 0 Å². The molecule has 13 heteroatoms. The number of halogens is 6. The number of alkyl halides is 6. The summed E-state index contributed by atoms with van der Waals surface area (Å²) in [6, 6.07) is 19.7. The molecule has 51 heavy (non-hydrogen) atoms. The predicted molar refractivity (Wildman–Crippen MR) is 173 cm³/mol. The largest absolute Gasteiger partial charge is 0.457 e. The Morgan fingerprint density at radius 1 is 0.608 bits per heavy atom. The van der Waals surface area contributed by atoms with Crippen LogP contribution in [-0.2, 0) is 37.4 Å². The second kappa shape index (κ2) is 16.4. The molecule has 7 nitrogen and oxygen atoms in total. The van der Waals surface area contributed by atoms with Gasteiger partial charge in [0.15, 0.2) is 0 Å². The normalized spacial score (nSPS) is 11.7. The lowest BCUT2D eigenvalue weighted by molar-refractivity contribution is -0.288. The molecule has 0 aliphatic rings. The fourth-order valence-electron chi connectivity index (χ4n) is 5.11. The Hall–Kier alpha value is -5.59. The minimum absolute atomic E-state index is 0.0583. The van der Waals surface area contributed by atoms with Gasteiger partial charge in [0.05, 0.1) is 0 Å². The average Bonchev–Trinajstić information content (AvgIpc) is 3.08. The fourth-order valence-corrected chi connectivity index (χ4v) is 5.11. The van der Waals surface area contributed by atoms with Gasteiger partial charge in [0.2, 0.25) is 12.2 Å². The molecule has 0 spiro atoms. The van der Waals surface area contributed by atoms with E-state index in [2.05, 4.69) is 6.58 Å². The minimum Gasteiger partial charge on any atom is -0.457 e. The van der Waals surface area contributed by atoms with Crippen LogP contribution >= 0.6 is 0 Å². The molecule has 0 aliphatic heterocycles. The molecular weight excluding hydrogens is 682 g/mol. The van der Waals surface area contributed by atoms with Crippen LogP contribution in [0.25, 0.3) is 0 Å². The number of esters is 3. The molecule has 0 unspecified atom stereocenters. The van der Waals surface area contributed by atoms with Crippen molar-refractivity contribution in [2.75, 3.05) is 6.79 Å². The van der Waals surface area contributed by atoms with Crippen LogP contribution in [0.5, 0.6) is 17.2 Å². The molecule has 0 atom stereocenters. The first-order chi connectivity index (χ1) is 24.1. The molecule has 268 valence electrons. The minimum atomic E-state index is -5.85. The van der Waals surface area contributed by atoms with E-state index in [-0.39, 0.29) is 37.6 Å². The Morgan fingerprint density at radius 2 is 1.00 bits per heavy atom. The van der Waals surface area contributed by atoms with Crippen LogP contribution in [-0.4, -0.2) is 37.1 Å². The van der Waals surface area contributed by atoms with E-state index in [9.17, 15) is 40.7 Å². The number of carbonyl (C=O) groups is 3. The van der Waals surface area contributed by atoms with Crippen LogP contribution < -0.4 is 14.2 Å². The van der Waals surface area contributed by atoms with E-state index in [4.69, 9.17) is 18.9 Å². The molecule has 0 saturated heterocycles. The first kappa shape index (κ1) is 38.2. The van der Waals surface area contributed by atoms with Gasteiger partial charge >= 0.3 is 30.3 Å². The van der Waals surface area contributed by atoms with Crippen LogP contribution in [0.15, 0.2) is 110 Å². The van der Waals surface area contributed by atoms with Gasteiger partial charge in [-0.1, -0.05) is 72.8 Å². The smallest absolute Gasteiger partial charge is 0.411 e. The predicted octanol–water partition coefficient (Wildman–Crippen LogP) is 8.55. The summed E-state index contributed by atoms with van der Waals surface area (Å²) in [5, 5.41) is 0. The summed E-state index contributed by atoms with van der Waals surface area (Å²) in [4.78, 5) is 35.8. The van der Waals surface area contributed by atoms with Gasteiger partial charge in [0.1, 0.15) is 17.2 Å². The number of benzene rings is 4. The van der Waals surface area contributed by atoms with E-state index in [1.165, 1.54) is 0 Å². The van der Waals surface area contributed by atoms with Crippen molar-refractivity contribution in [1.82, 2.24) is 0 Å². The molecule has 0 aliphatic carbocycles. The van der Waals surface area contributed by atoms with Crippen molar-refractivity contribution in [3.63, 3.8) is 0 Å². The van der Waals surface area contributed by atoms with E-state index in [1.54, 1.807) is 24.3 Å². The number of hydrogen-bond donors (Lipinski definition) is 0. The van der Waals surface area contributed by atoms with Gasteiger partial charge in [-0.3, -0.25) is 9.59 Å². The Bertz CT molecular complexity index is 1780. The second-order valence-corrected chi connectivity index (χ2v) is 11.3.